The van der Waals surface area contributed by atoms with Crippen LogP contribution in [0.1, 0.15) is 54.4 Å². The molecule has 25 heavy (non-hydrogen) atoms. The van der Waals surface area contributed by atoms with E-state index in [1.54, 1.807) is 0 Å². The highest BCUT2D eigenvalue weighted by molar-refractivity contribution is 5.97. The van der Waals surface area contributed by atoms with Crippen LogP contribution in [0, 0.1) is 12.8 Å². The van der Waals surface area contributed by atoms with Crippen LogP contribution < -0.4 is 11.1 Å². The summed E-state index contributed by atoms with van der Waals surface area (Å²) in [4.78, 5) is 26.8. The van der Waals surface area contributed by atoms with Crippen LogP contribution >= 0.6 is 12.4 Å². The van der Waals surface area contributed by atoms with Gasteiger partial charge in [-0.15, -0.1) is 12.4 Å². The predicted octanol–water partition coefficient (Wildman–Crippen LogP) is 3.11. The van der Waals surface area contributed by atoms with Crippen molar-refractivity contribution in [3.8, 4) is 0 Å². The van der Waals surface area contributed by atoms with Crippen molar-refractivity contribution in [3.63, 3.8) is 0 Å². The smallest absolute Gasteiger partial charge is 0.253 e. The van der Waals surface area contributed by atoms with Crippen LogP contribution in [-0.4, -0.2) is 35.8 Å². The van der Waals surface area contributed by atoms with Crippen molar-refractivity contribution in [1.29, 1.82) is 0 Å². The highest BCUT2D eigenvalue weighted by Crippen LogP contribution is 2.26. The maximum Gasteiger partial charge on any atom is 0.253 e. The maximum atomic E-state index is 12.5. The number of nitrogens with one attached hydrogen (secondary N) is 1. The molecule has 3 N–H and O–H groups in total. The van der Waals surface area contributed by atoms with Crippen molar-refractivity contribution >= 4 is 29.9 Å². The van der Waals surface area contributed by atoms with Crippen molar-refractivity contribution in [1.82, 2.24) is 4.90 Å². The summed E-state index contributed by atoms with van der Waals surface area (Å²) in [5.41, 5.74) is 8.39. The normalized spacial score (nSPS) is 23.0. The summed E-state index contributed by atoms with van der Waals surface area (Å²) in [6, 6.07) is 5.67. The van der Waals surface area contributed by atoms with Crippen LogP contribution in [0.5, 0.6) is 0 Å². The van der Waals surface area contributed by atoms with Crippen molar-refractivity contribution in [2.24, 2.45) is 11.7 Å². The van der Waals surface area contributed by atoms with Crippen LogP contribution in [-0.2, 0) is 4.79 Å². The van der Waals surface area contributed by atoms with E-state index >= 15 is 0 Å². The number of likely N-dealkylation sites (tertiary alicyclic amines) is 1. The first kappa shape index (κ1) is 19.7. The van der Waals surface area contributed by atoms with Gasteiger partial charge >= 0.3 is 0 Å². The fraction of sp³-hybridized carbons (Fsp3) is 0.579. The number of nitrogens with two attached hydrogens (primary N) is 1. The molecule has 1 saturated carbocycles. The maximum absolute atomic E-state index is 12.5. The number of nitrogens with zero attached hydrogens (tertiary/aromatic N) is 1. The Morgan fingerprint density at radius 1 is 1.16 bits per heavy atom. The number of carbonyl (C=O) groups is 2. The summed E-state index contributed by atoms with van der Waals surface area (Å²) >= 11 is 0. The summed E-state index contributed by atoms with van der Waals surface area (Å²) in [5, 5.41) is 3.02. The van der Waals surface area contributed by atoms with Crippen molar-refractivity contribution in [2.45, 2.75) is 51.5 Å². The summed E-state index contributed by atoms with van der Waals surface area (Å²) in [7, 11) is 0. The first-order valence-electron chi connectivity index (χ1n) is 9.01. The molecule has 2 unspecified atom stereocenters. The van der Waals surface area contributed by atoms with E-state index in [1.165, 1.54) is 0 Å². The van der Waals surface area contributed by atoms with Crippen LogP contribution in [0.2, 0.25) is 0 Å². The lowest BCUT2D eigenvalue weighted by atomic mass is 9.85. The molecule has 2 fully saturated rings. The van der Waals surface area contributed by atoms with Crippen molar-refractivity contribution in [2.75, 3.05) is 18.4 Å². The molecule has 1 saturated heterocycles. The number of hydrogen-bond acceptors (Lipinski definition) is 3. The van der Waals surface area contributed by atoms with Gasteiger partial charge in [0.1, 0.15) is 0 Å². The highest BCUT2D eigenvalue weighted by atomic mass is 35.5. The van der Waals surface area contributed by atoms with Gasteiger partial charge in [-0.3, -0.25) is 9.59 Å². The molecular formula is C19H28ClN3O2. The van der Waals surface area contributed by atoms with E-state index in [1.807, 2.05) is 30.0 Å². The van der Waals surface area contributed by atoms with E-state index in [2.05, 4.69) is 5.32 Å². The number of anilines is 1. The van der Waals surface area contributed by atoms with Gasteiger partial charge in [0.05, 0.1) is 0 Å². The fourth-order valence-corrected chi connectivity index (χ4v) is 3.74. The molecule has 1 aromatic carbocycles. The van der Waals surface area contributed by atoms with Crippen LogP contribution in [0.25, 0.3) is 0 Å². The van der Waals surface area contributed by atoms with Gasteiger partial charge < -0.3 is 16.0 Å². The molecule has 1 aliphatic heterocycles. The predicted molar refractivity (Wildman–Crippen MR) is 102 cm³/mol. The minimum atomic E-state index is -0.000872. The van der Waals surface area contributed by atoms with Gasteiger partial charge in [-0.1, -0.05) is 6.42 Å². The van der Waals surface area contributed by atoms with Crippen molar-refractivity contribution in [3.05, 3.63) is 29.3 Å². The van der Waals surface area contributed by atoms with Crippen LogP contribution in [0.4, 0.5) is 5.69 Å². The third kappa shape index (κ3) is 4.73. The molecule has 0 radical (unpaired) electrons. The zero-order valence-corrected chi connectivity index (χ0v) is 15.6. The highest BCUT2D eigenvalue weighted by Gasteiger charge is 2.26. The van der Waals surface area contributed by atoms with Gasteiger partial charge in [-0.2, -0.15) is 0 Å². The molecule has 0 aromatic heterocycles. The molecule has 6 heteroatoms. The molecular weight excluding hydrogens is 338 g/mol. The lowest BCUT2D eigenvalue weighted by Crippen LogP contribution is -2.34. The van der Waals surface area contributed by atoms with E-state index in [0.29, 0.717) is 5.56 Å². The lowest BCUT2D eigenvalue weighted by molar-refractivity contribution is -0.120. The van der Waals surface area contributed by atoms with E-state index in [4.69, 9.17) is 5.73 Å². The number of rotatable bonds is 3. The first-order valence-corrected chi connectivity index (χ1v) is 9.01. The Morgan fingerprint density at radius 2 is 1.88 bits per heavy atom. The third-order valence-electron chi connectivity index (χ3n) is 5.21. The number of hydrogen-bond donors (Lipinski definition) is 2. The van der Waals surface area contributed by atoms with Gasteiger partial charge in [0.25, 0.3) is 5.91 Å². The number of carbonyl (C=O) groups excluding carboxylic acids is 2. The molecule has 1 aromatic rings. The van der Waals surface area contributed by atoms with E-state index < -0.39 is 0 Å². The molecule has 2 amide bonds. The molecule has 1 aliphatic carbocycles. The summed E-state index contributed by atoms with van der Waals surface area (Å²) in [5.74, 6) is 0.137. The quantitative estimate of drug-likeness (QED) is 0.864. The zero-order valence-electron chi connectivity index (χ0n) is 14.8. The molecule has 5 nitrogen and oxygen atoms in total. The minimum Gasteiger partial charge on any atom is -0.339 e. The lowest BCUT2D eigenvalue weighted by Gasteiger charge is -2.26. The third-order valence-corrected chi connectivity index (χ3v) is 5.21. The average molecular weight is 366 g/mol. The Balaban J connectivity index is 0.00000225. The molecule has 0 bridgehead atoms. The van der Waals surface area contributed by atoms with Crippen LogP contribution in [0.15, 0.2) is 18.2 Å². The summed E-state index contributed by atoms with van der Waals surface area (Å²) < 4.78 is 0. The van der Waals surface area contributed by atoms with Gasteiger partial charge in [-0.25, -0.2) is 0 Å². The Labute approximate surface area is 155 Å². The first-order chi connectivity index (χ1) is 11.5. The standard InChI is InChI=1S/C19H27N3O2.ClH/c1-13-11-15(19(24)22-9-2-3-10-22)7-8-17(13)21-18(23)14-5-4-6-16(20)12-14;/h7-8,11,14,16H,2-6,9-10,12,20H2,1H3,(H,21,23);1H. The van der Waals surface area contributed by atoms with Crippen molar-refractivity contribution < 1.29 is 9.59 Å². The van der Waals surface area contributed by atoms with Gasteiger partial charge in [-0.05, 0) is 62.8 Å². The molecule has 1 heterocycles. The number of benzene rings is 1. The largest absolute Gasteiger partial charge is 0.339 e. The Morgan fingerprint density at radius 3 is 2.52 bits per heavy atom. The van der Waals surface area contributed by atoms with E-state index in [-0.39, 0.29) is 36.2 Å². The average Bonchev–Trinajstić information content (AvgIpc) is 3.10. The summed E-state index contributed by atoms with van der Waals surface area (Å²) in [6.45, 7) is 3.62. The molecule has 3 rings (SSSR count). The second-order valence-corrected chi connectivity index (χ2v) is 7.14. The topological polar surface area (TPSA) is 75.4 Å². The summed E-state index contributed by atoms with van der Waals surface area (Å²) in [6.07, 6.45) is 5.86. The zero-order chi connectivity index (χ0) is 17.1. The van der Waals surface area contributed by atoms with E-state index in [9.17, 15) is 9.59 Å². The number of amides is 2. The molecule has 2 atom stereocenters. The fourth-order valence-electron chi connectivity index (χ4n) is 3.74. The Kier molecular flexibility index (Phi) is 6.85. The van der Waals surface area contributed by atoms with Gasteiger partial charge in [0.2, 0.25) is 5.91 Å². The molecule has 0 spiro atoms. The van der Waals surface area contributed by atoms with Gasteiger partial charge in [0.15, 0.2) is 0 Å². The molecule has 138 valence electrons. The van der Waals surface area contributed by atoms with Crippen LogP contribution in [0.3, 0.4) is 0 Å². The number of aryl methyl sites for hydroxylation is 1. The monoisotopic (exact) mass is 365 g/mol. The Hall–Kier alpha value is -1.59. The minimum absolute atomic E-state index is 0. The number of halogens is 1. The second-order valence-electron chi connectivity index (χ2n) is 7.14. The SMILES string of the molecule is Cc1cc(C(=O)N2CCCC2)ccc1NC(=O)C1CCCC(N)C1.Cl. The second kappa shape index (κ2) is 8.68. The Bertz CT molecular complexity index is 629. The van der Waals surface area contributed by atoms with Gasteiger partial charge in [0, 0.05) is 36.3 Å². The van der Waals surface area contributed by atoms with E-state index in [0.717, 1.165) is 62.9 Å². The molecule has 2 aliphatic rings.